The molecule has 0 radical (unpaired) electrons. The molecule has 1 aliphatic rings. The number of amides is 1. The molecule has 1 aromatic heterocycles. The van der Waals surface area contributed by atoms with Crippen molar-refractivity contribution in [2.24, 2.45) is 0 Å². The van der Waals surface area contributed by atoms with E-state index in [1.807, 2.05) is 31.2 Å². The van der Waals surface area contributed by atoms with Gasteiger partial charge in [0.25, 0.3) is 5.91 Å². The molecule has 1 atom stereocenters. The van der Waals surface area contributed by atoms with E-state index in [2.05, 4.69) is 10.3 Å². The number of nitrogens with zero attached hydrogens (tertiary/aromatic N) is 3. The first-order valence-corrected chi connectivity index (χ1v) is 8.51. The average Bonchev–Trinajstić information content (AvgIpc) is 2.96. The van der Waals surface area contributed by atoms with E-state index in [0.717, 1.165) is 17.7 Å². The van der Waals surface area contributed by atoms with Gasteiger partial charge in [0, 0.05) is 23.6 Å². The van der Waals surface area contributed by atoms with Crippen molar-refractivity contribution in [3.05, 3.63) is 93.5 Å². The number of carbonyl (C=O) groups excluding carboxylic acids is 1. The van der Waals surface area contributed by atoms with Crippen LogP contribution in [-0.4, -0.2) is 15.8 Å². The molecule has 28 heavy (non-hydrogen) atoms. The quantitative estimate of drug-likeness (QED) is 0.543. The van der Waals surface area contributed by atoms with Crippen LogP contribution in [0, 0.1) is 22.9 Å². The zero-order chi connectivity index (χ0) is 19.8. The van der Waals surface area contributed by atoms with Crippen LogP contribution in [-0.2, 0) is 0 Å². The van der Waals surface area contributed by atoms with Crippen molar-refractivity contribution in [1.29, 1.82) is 0 Å². The molecule has 0 aliphatic carbocycles. The number of benzene rings is 2. The second kappa shape index (κ2) is 6.73. The highest BCUT2D eigenvalue weighted by atomic mass is 19.1. The van der Waals surface area contributed by atoms with Gasteiger partial charge in [-0.3, -0.25) is 24.8 Å². The maximum absolute atomic E-state index is 13.7. The van der Waals surface area contributed by atoms with Crippen molar-refractivity contribution in [2.75, 3.05) is 10.2 Å². The van der Waals surface area contributed by atoms with Gasteiger partial charge in [-0.05, 0) is 43.3 Å². The summed E-state index contributed by atoms with van der Waals surface area (Å²) < 4.78 is 13.7. The Morgan fingerprint density at radius 3 is 2.64 bits per heavy atom. The summed E-state index contributed by atoms with van der Waals surface area (Å²) in [4.78, 5) is 29.1. The largest absolute Gasteiger partial charge is 0.360 e. The molecule has 4 rings (SSSR count). The summed E-state index contributed by atoms with van der Waals surface area (Å²) in [5.74, 6) is -1.16. The highest BCUT2D eigenvalue weighted by molar-refractivity contribution is 6.11. The van der Waals surface area contributed by atoms with Gasteiger partial charge in [0.15, 0.2) is 6.17 Å². The lowest BCUT2D eigenvalue weighted by atomic mass is 10.2. The lowest BCUT2D eigenvalue weighted by Crippen LogP contribution is -2.32. The molecule has 1 N–H and O–H groups in total. The fraction of sp³-hybridized carbons (Fsp3) is 0.100. The Hall–Kier alpha value is -3.81. The molecule has 8 heteroatoms. The number of hydrogen-bond donors (Lipinski definition) is 1. The molecule has 7 nitrogen and oxygen atoms in total. The van der Waals surface area contributed by atoms with Gasteiger partial charge in [0.05, 0.1) is 16.2 Å². The van der Waals surface area contributed by atoms with Crippen LogP contribution in [0.25, 0.3) is 0 Å². The number of rotatable bonds is 4. The number of pyridine rings is 1. The van der Waals surface area contributed by atoms with Crippen LogP contribution in [0.4, 0.5) is 21.5 Å². The molecule has 2 heterocycles. The number of aryl methyl sites for hydroxylation is 1. The summed E-state index contributed by atoms with van der Waals surface area (Å²) in [6.45, 7) is 1.94. The standard InChI is InChI=1S/C20H15FN4O3/c1-12-4-7-14(8-5-12)24-19(18-15(20(24)26)3-2-10-22-18)23-13-6-9-16(21)17(11-13)25(27)28/h2-11,19,23H,1H3. The zero-order valence-electron chi connectivity index (χ0n) is 14.8. The van der Waals surface area contributed by atoms with Crippen LogP contribution in [0.15, 0.2) is 60.8 Å². The molecule has 0 bridgehead atoms. The van der Waals surface area contributed by atoms with Gasteiger partial charge in [-0.1, -0.05) is 17.7 Å². The molecule has 0 fully saturated rings. The lowest BCUT2D eigenvalue weighted by molar-refractivity contribution is -0.387. The van der Waals surface area contributed by atoms with Crippen LogP contribution in [0.1, 0.15) is 27.8 Å². The van der Waals surface area contributed by atoms with Gasteiger partial charge in [0.1, 0.15) is 0 Å². The van der Waals surface area contributed by atoms with Gasteiger partial charge in [-0.15, -0.1) is 0 Å². The fourth-order valence-corrected chi connectivity index (χ4v) is 3.19. The van der Waals surface area contributed by atoms with E-state index >= 15 is 0 Å². The monoisotopic (exact) mass is 378 g/mol. The molecule has 3 aromatic rings. The third kappa shape index (κ3) is 2.94. The third-order valence-corrected chi connectivity index (χ3v) is 4.56. The predicted molar refractivity (Wildman–Crippen MR) is 102 cm³/mol. The first-order chi connectivity index (χ1) is 13.5. The zero-order valence-corrected chi connectivity index (χ0v) is 14.8. The molecule has 0 spiro atoms. The maximum atomic E-state index is 13.7. The van der Waals surface area contributed by atoms with Crippen LogP contribution >= 0.6 is 0 Å². The predicted octanol–water partition coefficient (Wildman–Crippen LogP) is 4.21. The molecule has 2 aromatic carbocycles. The minimum atomic E-state index is -0.924. The smallest absolute Gasteiger partial charge is 0.306 e. The van der Waals surface area contributed by atoms with Crippen LogP contribution in [0.5, 0.6) is 0 Å². The van der Waals surface area contributed by atoms with Crippen molar-refractivity contribution in [3.63, 3.8) is 0 Å². The number of anilines is 2. The molecule has 1 amide bonds. The van der Waals surface area contributed by atoms with Gasteiger partial charge >= 0.3 is 5.69 Å². The Kier molecular flexibility index (Phi) is 4.23. The number of hydrogen-bond acceptors (Lipinski definition) is 5. The Morgan fingerprint density at radius 2 is 1.93 bits per heavy atom. The Labute approximate surface area is 159 Å². The molecular weight excluding hydrogens is 363 g/mol. The summed E-state index contributed by atoms with van der Waals surface area (Å²) >= 11 is 0. The normalized spacial score (nSPS) is 15.4. The highest BCUT2D eigenvalue weighted by Gasteiger charge is 2.39. The molecule has 140 valence electrons. The minimum absolute atomic E-state index is 0.235. The van der Waals surface area contributed by atoms with Gasteiger partial charge in [-0.25, -0.2) is 0 Å². The first kappa shape index (κ1) is 17.6. The molecule has 0 saturated carbocycles. The van der Waals surface area contributed by atoms with Crippen molar-refractivity contribution in [1.82, 2.24) is 4.98 Å². The van der Waals surface area contributed by atoms with Crippen LogP contribution in [0.2, 0.25) is 0 Å². The molecule has 1 unspecified atom stereocenters. The summed E-state index contributed by atoms with van der Waals surface area (Å²) in [5, 5.41) is 14.1. The summed E-state index contributed by atoms with van der Waals surface area (Å²) in [5.41, 5.74) is 2.31. The lowest BCUT2D eigenvalue weighted by Gasteiger charge is -2.26. The topological polar surface area (TPSA) is 88.4 Å². The first-order valence-electron chi connectivity index (χ1n) is 8.51. The Bertz CT molecular complexity index is 1090. The fourth-order valence-electron chi connectivity index (χ4n) is 3.19. The molecule has 0 saturated heterocycles. The minimum Gasteiger partial charge on any atom is -0.360 e. The SMILES string of the molecule is Cc1ccc(N2C(=O)c3cccnc3C2Nc2ccc(F)c([N+](=O)[O-])c2)cc1. The van der Waals surface area contributed by atoms with Crippen molar-refractivity contribution < 1.29 is 14.1 Å². The number of nitrogens with one attached hydrogen (secondary N) is 1. The number of carbonyl (C=O) groups is 1. The molecular formula is C20H15FN4O3. The van der Waals surface area contributed by atoms with Crippen molar-refractivity contribution in [3.8, 4) is 0 Å². The van der Waals surface area contributed by atoms with E-state index in [-0.39, 0.29) is 5.91 Å². The van der Waals surface area contributed by atoms with E-state index in [1.165, 1.54) is 11.0 Å². The van der Waals surface area contributed by atoms with Crippen LogP contribution < -0.4 is 10.2 Å². The van der Waals surface area contributed by atoms with Crippen molar-refractivity contribution >= 4 is 23.0 Å². The summed E-state index contributed by atoms with van der Waals surface area (Å²) in [6, 6.07) is 14.3. The number of halogens is 1. The highest BCUT2D eigenvalue weighted by Crippen LogP contribution is 2.37. The Morgan fingerprint density at radius 1 is 1.18 bits per heavy atom. The number of fused-ring (bicyclic) bond motifs is 1. The van der Waals surface area contributed by atoms with Gasteiger partial charge < -0.3 is 5.32 Å². The summed E-state index contributed by atoms with van der Waals surface area (Å²) in [7, 11) is 0. The van der Waals surface area contributed by atoms with Crippen molar-refractivity contribution in [2.45, 2.75) is 13.1 Å². The summed E-state index contributed by atoms with van der Waals surface area (Å²) in [6.07, 6.45) is 0.892. The number of nitro benzene ring substituents is 1. The molecule has 1 aliphatic heterocycles. The number of aromatic nitrogens is 1. The van der Waals surface area contributed by atoms with E-state index in [9.17, 15) is 19.3 Å². The van der Waals surface area contributed by atoms with E-state index < -0.39 is 22.6 Å². The van der Waals surface area contributed by atoms with Gasteiger partial charge in [0.2, 0.25) is 5.82 Å². The van der Waals surface area contributed by atoms with E-state index in [0.29, 0.717) is 22.6 Å². The van der Waals surface area contributed by atoms with E-state index in [4.69, 9.17) is 0 Å². The van der Waals surface area contributed by atoms with Gasteiger partial charge in [-0.2, -0.15) is 4.39 Å². The average molecular weight is 378 g/mol. The Balaban J connectivity index is 1.77. The van der Waals surface area contributed by atoms with E-state index in [1.54, 1.807) is 18.3 Å². The second-order valence-electron chi connectivity index (χ2n) is 6.42. The maximum Gasteiger partial charge on any atom is 0.306 e. The second-order valence-corrected chi connectivity index (χ2v) is 6.42. The number of nitro groups is 1. The van der Waals surface area contributed by atoms with Crippen LogP contribution in [0.3, 0.4) is 0 Å². The third-order valence-electron chi connectivity index (χ3n) is 4.56.